The molecule has 0 radical (unpaired) electrons. The lowest BCUT2D eigenvalue weighted by Gasteiger charge is -2.00. The van der Waals surface area contributed by atoms with Crippen molar-refractivity contribution in [2.75, 3.05) is 13.1 Å². The fourth-order valence-electron chi connectivity index (χ4n) is 0.115. The molecule has 0 aromatic rings. The Balaban J connectivity index is 2.63. The Hall–Kier alpha value is 0.620. The number of thiol groups is 2. The summed E-state index contributed by atoms with van der Waals surface area (Å²) in [5, 5.41) is 0. The molecule has 0 rings (SSSR count). The smallest absolute Gasteiger partial charge is 0.0320 e. The van der Waals surface area contributed by atoms with Crippen molar-refractivity contribution in [2.45, 2.75) is 0 Å². The summed E-state index contributed by atoms with van der Waals surface area (Å²) in [7, 11) is 0. The molecule has 0 aliphatic rings. The molecule has 38 valence electrons. The SMILES string of the molecule is NCCN(S)S. The van der Waals surface area contributed by atoms with Crippen LogP contribution in [0.1, 0.15) is 0 Å². The number of nitrogens with two attached hydrogens (primary N) is 1. The lowest BCUT2D eigenvalue weighted by atomic mass is 10.7. The zero-order valence-corrected chi connectivity index (χ0v) is 5.12. The van der Waals surface area contributed by atoms with Crippen molar-refractivity contribution in [3.63, 3.8) is 0 Å². The van der Waals surface area contributed by atoms with E-state index in [1.165, 1.54) is 3.71 Å². The lowest BCUT2D eigenvalue weighted by molar-refractivity contribution is 0.751. The van der Waals surface area contributed by atoms with Crippen molar-refractivity contribution >= 4 is 25.6 Å². The van der Waals surface area contributed by atoms with Gasteiger partial charge in [-0.05, 0) is 0 Å². The summed E-state index contributed by atoms with van der Waals surface area (Å²) in [5.74, 6) is 0. The van der Waals surface area contributed by atoms with E-state index in [1.54, 1.807) is 0 Å². The first kappa shape index (κ1) is 6.62. The molecule has 4 heteroatoms. The van der Waals surface area contributed by atoms with Gasteiger partial charge in [0.15, 0.2) is 0 Å². The molecular weight excluding hydrogens is 116 g/mol. The molecule has 0 atom stereocenters. The predicted molar refractivity (Wildman–Crippen MR) is 33.7 cm³/mol. The monoisotopic (exact) mass is 124 g/mol. The minimum atomic E-state index is 0.604. The Bertz CT molecular complexity index is 30.7. The molecule has 2 N–H and O–H groups in total. The summed E-state index contributed by atoms with van der Waals surface area (Å²) >= 11 is 7.59. The fourth-order valence-corrected chi connectivity index (χ4v) is 0.346. The van der Waals surface area contributed by atoms with Crippen LogP contribution in [0.3, 0.4) is 0 Å². The van der Waals surface area contributed by atoms with Crippen molar-refractivity contribution in [3.05, 3.63) is 0 Å². The predicted octanol–water partition coefficient (Wildman–Crippen LogP) is -0.0633. The van der Waals surface area contributed by atoms with Crippen LogP contribution < -0.4 is 5.73 Å². The molecule has 6 heavy (non-hydrogen) atoms. The quantitative estimate of drug-likeness (QED) is 0.450. The molecule has 0 aliphatic heterocycles. The molecule has 0 bridgehead atoms. The molecule has 0 aromatic carbocycles. The van der Waals surface area contributed by atoms with Crippen LogP contribution in [-0.2, 0) is 0 Å². The molecule has 0 heterocycles. The highest BCUT2D eigenvalue weighted by Gasteiger charge is 1.82. The van der Waals surface area contributed by atoms with E-state index in [9.17, 15) is 0 Å². The second-order valence-electron chi connectivity index (χ2n) is 0.885. The first-order valence-electron chi connectivity index (χ1n) is 1.62. The van der Waals surface area contributed by atoms with Gasteiger partial charge in [-0.2, -0.15) is 3.71 Å². The number of nitrogens with zero attached hydrogens (tertiary/aromatic N) is 1. The van der Waals surface area contributed by atoms with Crippen LogP contribution in [0.4, 0.5) is 0 Å². The molecule has 0 unspecified atom stereocenters. The standard InChI is InChI=1S/C2H8N2S2/c3-1-2-4(5)6/h5-6H,1-3H2. The van der Waals surface area contributed by atoms with Gasteiger partial charge in [0.25, 0.3) is 0 Å². The van der Waals surface area contributed by atoms with Crippen molar-refractivity contribution in [1.29, 1.82) is 0 Å². The molecule has 2 nitrogen and oxygen atoms in total. The van der Waals surface area contributed by atoms with Gasteiger partial charge in [-0.1, -0.05) is 25.6 Å². The van der Waals surface area contributed by atoms with E-state index < -0.39 is 0 Å². The molecule has 0 saturated heterocycles. The molecule has 0 spiro atoms. The lowest BCUT2D eigenvalue weighted by Crippen LogP contribution is -2.12. The van der Waals surface area contributed by atoms with Gasteiger partial charge in [-0.15, -0.1) is 0 Å². The summed E-state index contributed by atoms with van der Waals surface area (Å²) in [6, 6.07) is 0. The first-order valence-corrected chi connectivity index (χ1v) is 2.42. The average Bonchev–Trinajstić information content (AvgIpc) is 1.35. The number of hydrogen-bond donors (Lipinski definition) is 3. The van der Waals surface area contributed by atoms with Crippen LogP contribution in [0.5, 0.6) is 0 Å². The molecule has 0 fully saturated rings. The van der Waals surface area contributed by atoms with Crippen LogP contribution in [0.2, 0.25) is 0 Å². The number of hydrogen-bond acceptors (Lipinski definition) is 4. The van der Waals surface area contributed by atoms with Gasteiger partial charge >= 0.3 is 0 Å². The maximum atomic E-state index is 5.09. The van der Waals surface area contributed by atoms with E-state index in [0.717, 1.165) is 0 Å². The fraction of sp³-hybridized carbons (Fsp3) is 1.00. The van der Waals surface area contributed by atoms with E-state index >= 15 is 0 Å². The summed E-state index contributed by atoms with van der Waals surface area (Å²) < 4.78 is 1.44. The van der Waals surface area contributed by atoms with Gasteiger partial charge in [0.2, 0.25) is 0 Å². The zero-order valence-electron chi connectivity index (χ0n) is 3.33. The number of rotatable bonds is 2. The van der Waals surface area contributed by atoms with Gasteiger partial charge < -0.3 is 5.73 Å². The summed E-state index contributed by atoms with van der Waals surface area (Å²) in [4.78, 5) is 0. The van der Waals surface area contributed by atoms with Gasteiger partial charge in [0, 0.05) is 13.1 Å². The largest absolute Gasteiger partial charge is 0.329 e. The summed E-state index contributed by atoms with van der Waals surface area (Å²) in [6.07, 6.45) is 0. The zero-order chi connectivity index (χ0) is 4.99. The van der Waals surface area contributed by atoms with E-state index in [4.69, 9.17) is 5.73 Å². The molecular formula is C2H8N2S2. The van der Waals surface area contributed by atoms with E-state index in [1.807, 2.05) is 0 Å². The van der Waals surface area contributed by atoms with Crippen molar-refractivity contribution in [3.8, 4) is 0 Å². The maximum absolute atomic E-state index is 5.09. The third kappa shape index (κ3) is 4.62. The van der Waals surface area contributed by atoms with E-state index in [-0.39, 0.29) is 0 Å². The van der Waals surface area contributed by atoms with Crippen LogP contribution in [0.25, 0.3) is 0 Å². The molecule has 0 amide bonds. The van der Waals surface area contributed by atoms with Gasteiger partial charge in [0.05, 0.1) is 0 Å². The Morgan fingerprint density at radius 2 is 2.00 bits per heavy atom. The minimum absolute atomic E-state index is 0.604. The Labute approximate surface area is 48.8 Å². The third-order valence-corrected chi connectivity index (χ3v) is 0.729. The highest BCUT2D eigenvalue weighted by Crippen LogP contribution is 1.91. The summed E-state index contributed by atoms with van der Waals surface area (Å²) in [6.45, 7) is 1.32. The highest BCUT2D eigenvalue weighted by molar-refractivity contribution is 7.93. The third-order valence-electron chi connectivity index (χ3n) is 0.329. The normalized spacial score (nSPS) is 10.0. The van der Waals surface area contributed by atoms with Crippen LogP contribution >= 0.6 is 25.6 Å². The highest BCUT2D eigenvalue weighted by atomic mass is 32.2. The Morgan fingerprint density at radius 3 is 2.00 bits per heavy atom. The van der Waals surface area contributed by atoms with Crippen molar-refractivity contribution in [1.82, 2.24) is 3.71 Å². The second-order valence-corrected chi connectivity index (χ2v) is 2.17. The topological polar surface area (TPSA) is 29.3 Å². The van der Waals surface area contributed by atoms with E-state index in [2.05, 4.69) is 25.6 Å². The van der Waals surface area contributed by atoms with Crippen molar-refractivity contribution in [2.24, 2.45) is 5.73 Å². The van der Waals surface area contributed by atoms with Crippen LogP contribution in [0.15, 0.2) is 0 Å². The van der Waals surface area contributed by atoms with Crippen LogP contribution in [-0.4, -0.2) is 16.8 Å². The molecule has 0 aliphatic carbocycles. The minimum Gasteiger partial charge on any atom is -0.329 e. The molecule has 0 aromatic heterocycles. The van der Waals surface area contributed by atoms with Crippen LogP contribution in [0, 0.1) is 0 Å². The Kier molecular flexibility index (Phi) is 4.19. The van der Waals surface area contributed by atoms with Crippen molar-refractivity contribution < 1.29 is 0 Å². The second kappa shape index (κ2) is 3.80. The van der Waals surface area contributed by atoms with Gasteiger partial charge in [-0.3, -0.25) is 0 Å². The first-order chi connectivity index (χ1) is 2.77. The average molecular weight is 124 g/mol. The summed E-state index contributed by atoms with van der Waals surface area (Å²) in [5.41, 5.74) is 5.09. The van der Waals surface area contributed by atoms with Gasteiger partial charge in [0.1, 0.15) is 0 Å². The van der Waals surface area contributed by atoms with E-state index in [0.29, 0.717) is 13.1 Å². The Morgan fingerprint density at radius 1 is 1.50 bits per heavy atom. The maximum Gasteiger partial charge on any atom is 0.0320 e. The molecule has 0 saturated carbocycles. The van der Waals surface area contributed by atoms with Gasteiger partial charge in [-0.25, -0.2) is 0 Å².